The van der Waals surface area contributed by atoms with Crippen LogP contribution in [0.15, 0.2) is 84.9 Å². The molecule has 2 amide bonds. The van der Waals surface area contributed by atoms with Crippen LogP contribution in [-0.2, 0) is 22.6 Å². The summed E-state index contributed by atoms with van der Waals surface area (Å²) in [5, 5.41) is 3.29. The molecule has 0 aliphatic rings. The smallest absolute Gasteiger partial charge is 0.261 e. The largest absolute Gasteiger partial charge is 0.484 e. The van der Waals surface area contributed by atoms with Crippen molar-refractivity contribution in [1.29, 1.82) is 0 Å². The Morgan fingerprint density at radius 2 is 1.48 bits per heavy atom. The second kappa shape index (κ2) is 11.2. The number of likely N-dealkylation sites (N-methyl/N-ethyl adjacent to an activating group) is 1. The number of hydrogen-bond donors (Lipinski definition) is 1. The number of carbonyl (C=O) groups excluding carboxylic acids is 2. The van der Waals surface area contributed by atoms with Crippen molar-refractivity contribution in [1.82, 2.24) is 10.2 Å². The first-order valence-electron chi connectivity index (χ1n) is 10.0. The standard InChI is InChI=1S/C25H25ClN2O3/c1-27-25(30)23(16-19-8-4-2-5-9-19)28(17-20-10-6-3-7-11-20)24(29)18-31-22-14-12-21(26)13-15-22/h2-15,23H,16-18H2,1H3,(H,27,30). The Kier molecular flexibility index (Phi) is 8.07. The molecular weight excluding hydrogens is 412 g/mol. The van der Waals surface area contributed by atoms with E-state index in [0.29, 0.717) is 23.7 Å². The van der Waals surface area contributed by atoms with Gasteiger partial charge in [-0.15, -0.1) is 0 Å². The van der Waals surface area contributed by atoms with Crippen molar-refractivity contribution in [2.45, 2.75) is 19.0 Å². The fraction of sp³-hybridized carbons (Fsp3) is 0.200. The maximum absolute atomic E-state index is 13.2. The molecule has 3 aromatic carbocycles. The first kappa shape index (κ1) is 22.4. The average Bonchev–Trinajstić information content (AvgIpc) is 2.81. The maximum atomic E-state index is 13.2. The van der Waals surface area contributed by atoms with E-state index in [4.69, 9.17) is 16.3 Å². The van der Waals surface area contributed by atoms with Crippen LogP contribution in [0.2, 0.25) is 5.02 Å². The maximum Gasteiger partial charge on any atom is 0.261 e. The summed E-state index contributed by atoms with van der Waals surface area (Å²) >= 11 is 5.91. The summed E-state index contributed by atoms with van der Waals surface area (Å²) in [5.41, 5.74) is 1.91. The van der Waals surface area contributed by atoms with Crippen molar-refractivity contribution in [2.75, 3.05) is 13.7 Å². The van der Waals surface area contributed by atoms with Crippen LogP contribution >= 0.6 is 11.6 Å². The first-order valence-corrected chi connectivity index (χ1v) is 10.4. The number of carbonyl (C=O) groups is 2. The predicted octanol–water partition coefficient (Wildman–Crippen LogP) is 4.10. The third-order valence-corrected chi connectivity index (χ3v) is 5.14. The van der Waals surface area contributed by atoms with Gasteiger partial charge in [0.25, 0.3) is 5.91 Å². The predicted molar refractivity (Wildman–Crippen MR) is 122 cm³/mol. The Morgan fingerprint density at radius 3 is 2.06 bits per heavy atom. The van der Waals surface area contributed by atoms with Gasteiger partial charge in [0.1, 0.15) is 11.8 Å². The molecule has 0 bridgehead atoms. The van der Waals surface area contributed by atoms with Gasteiger partial charge in [-0.2, -0.15) is 0 Å². The second-order valence-electron chi connectivity index (χ2n) is 7.07. The molecule has 0 saturated carbocycles. The molecule has 0 spiro atoms. The zero-order chi connectivity index (χ0) is 22.1. The van der Waals surface area contributed by atoms with Gasteiger partial charge >= 0.3 is 0 Å². The highest BCUT2D eigenvalue weighted by Gasteiger charge is 2.30. The van der Waals surface area contributed by atoms with Crippen molar-refractivity contribution in [3.8, 4) is 5.75 Å². The van der Waals surface area contributed by atoms with E-state index in [9.17, 15) is 9.59 Å². The number of amides is 2. The Balaban J connectivity index is 1.83. The number of nitrogens with one attached hydrogen (secondary N) is 1. The molecule has 0 aromatic heterocycles. The summed E-state index contributed by atoms with van der Waals surface area (Å²) in [5.74, 6) is 0.0416. The van der Waals surface area contributed by atoms with Crippen LogP contribution in [0.25, 0.3) is 0 Å². The fourth-order valence-electron chi connectivity index (χ4n) is 3.26. The van der Waals surface area contributed by atoms with Gasteiger partial charge in [0, 0.05) is 25.0 Å². The molecule has 6 heteroatoms. The molecule has 1 N–H and O–H groups in total. The van der Waals surface area contributed by atoms with Gasteiger partial charge < -0.3 is 15.0 Å². The van der Waals surface area contributed by atoms with Crippen LogP contribution in [0, 0.1) is 0 Å². The summed E-state index contributed by atoms with van der Waals surface area (Å²) in [6, 6.07) is 25.4. The van der Waals surface area contributed by atoms with Crippen molar-refractivity contribution in [3.05, 3.63) is 101 Å². The molecule has 0 aliphatic carbocycles. The fourth-order valence-corrected chi connectivity index (χ4v) is 3.39. The number of hydrogen-bond acceptors (Lipinski definition) is 3. The molecule has 3 rings (SSSR count). The summed E-state index contributed by atoms with van der Waals surface area (Å²) in [7, 11) is 1.58. The number of nitrogens with zero attached hydrogens (tertiary/aromatic N) is 1. The summed E-state index contributed by atoms with van der Waals surface area (Å²) in [6.07, 6.45) is 0.403. The van der Waals surface area contributed by atoms with Gasteiger partial charge in [0.15, 0.2) is 6.61 Å². The highest BCUT2D eigenvalue weighted by molar-refractivity contribution is 6.30. The molecule has 3 aromatic rings. The van der Waals surface area contributed by atoms with E-state index in [1.807, 2.05) is 60.7 Å². The Bertz CT molecular complexity index is 979. The number of ether oxygens (including phenoxy) is 1. The quantitative estimate of drug-likeness (QED) is 0.549. The summed E-state index contributed by atoms with van der Waals surface area (Å²) in [4.78, 5) is 27.6. The molecule has 0 saturated heterocycles. The number of halogens is 1. The van der Waals surface area contributed by atoms with Crippen LogP contribution in [0.5, 0.6) is 5.75 Å². The number of rotatable bonds is 9. The first-order chi connectivity index (χ1) is 15.1. The highest BCUT2D eigenvalue weighted by atomic mass is 35.5. The second-order valence-corrected chi connectivity index (χ2v) is 7.51. The lowest BCUT2D eigenvalue weighted by Gasteiger charge is -2.31. The minimum Gasteiger partial charge on any atom is -0.484 e. The lowest BCUT2D eigenvalue weighted by molar-refractivity contribution is -0.142. The van der Waals surface area contributed by atoms with Crippen molar-refractivity contribution in [3.63, 3.8) is 0 Å². The minimum atomic E-state index is -0.672. The SMILES string of the molecule is CNC(=O)C(Cc1ccccc1)N(Cc1ccccc1)C(=O)COc1ccc(Cl)cc1. The molecular formula is C25H25ClN2O3. The molecule has 0 fully saturated rings. The van der Waals surface area contributed by atoms with Crippen LogP contribution in [0.4, 0.5) is 0 Å². The zero-order valence-electron chi connectivity index (χ0n) is 17.3. The van der Waals surface area contributed by atoms with Crippen LogP contribution in [0.1, 0.15) is 11.1 Å². The molecule has 5 nitrogen and oxygen atoms in total. The van der Waals surface area contributed by atoms with E-state index in [1.54, 1.807) is 36.2 Å². The molecule has 0 radical (unpaired) electrons. The van der Waals surface area contributed by atoms with E-state index < -0.39 is 6.04 Å². The van der Waals surface area contributed by atoms with Crippen molar-refractivity contribution >= 4 is 23.4 Å². The Labute approximate surface area is 187 Å². The summed E-state index contributed by atoms with van der Waals surface area (Å²) < 4.78 is 5.67. The van der Waals surface area contributed by atoms with Crippen LogP contribution in [-0.4, -0.2) is 36.4 Å². The monoisotopic (exact) mass is 436 g/mol. The average molecular weight is 437 g/mol. The van der Waals surface area contributed by atoms with E-state index in [2.05, 4.69) is 5.32 Å². The lowest BCUT2D eigenvalue weighted by atomic mass is 10.0. The molecule has 160 valence electrons. The molecule has 31 heavy (non-hydrogen) atoms. The normalized spacial score (nSPS) is 11.4. The topological polar surface area (TPSA) is 58.6 Å². The van der Waals surface area contributed by atoms with Crippen molar-refractivity contribution < 1.29 is 14.3 Å². The molecule has 1 unspecified atom stereocenters. The van der Waals surface area contributed by atoms with E-state index in [-0.39, 0.29) is 18.4 Å². The number of benzene rings is 3. The van der Waals surface area contributed by atoms with Crippen molar-refractivity contribution in [2.24, 2.45) is 0 Å². The van der Waals surface area contributed by atoms with Gasteiger partial charge in [-0.25, -0.2) is 0 Å². The van der Waals surface area contributed by atoms with E-state index in [1.165, 1.54) is 0 Å². The van der Waals surface area contributed by atoms with Gasteiger partial charge in [-0.05, 0) is 35.4 Å². The third kappa shape index (κ3) is 6.59. The van der Waals surface area contributed by atoms with E-state index >= 15 is 0 Å². The molecule has 0 aliphatic heterocycles. The van der Waals surface area contributed by atoms with E-state index in [0.717, 1.165) is 11.1 Å². The zero-order valence-corrected chi connectivity index (χ0v) is 18.1. The van der Waals surface area contributed by atoms with Crippen LogP contribution < -0.4 is 10.1 Å². The van der Waals surface area contributed by atoms with Gasteiger partial charge in [-0.3, -0.25) is 9.59 Å². The van der Waals surface area contributed by atoms with Gasteiger partial charge in [0.2, 0.25) is 5.91 Å². The third-order valence-electron chi connectivity index (χ3n) is 4.89. The van der Waals surface area contributed by atoms with Gasteiger partial charge in [0.05, 0.1) is 0 Å². The summed E-state index contributed by atoms with van der Waals surface area (Å²) in [6.45, 7) is 0.116. The van der Waals surface area contributed by atoms with Crippen LogP contribution in [0.3, 0.4) is 0 Å². The van der Waals surface area contributed by atoms with Gasteiger partial charge in [-0.1, -0.05) is 72.3 Å². The molecule has 0 heterocycles. The minimum absolute atomic E-state index is 0.184. The Morgan fingerprint density at radius 1 is 0.903 bits per heavy atom. The molecule has 1 atom stereocenters. The highest BCUT2D eigenvalue weighted by Crippen LogP contribution is 2.18. The Hall–Kier alpha value is -3.31. The lowest BCUT2D eigenvalue weighted by Crippen LogP contribution is -2.51.